The molecule has 120 valence electrons. The Morgan fingerprint density at radius 2 is 2.23 bits per heavy atom. The summed E-state index contributed by atoms with van der Waals surface area (Å²) in [6.07, 6.45) is 1.72. The van der Waals surface area contributed by atoms with Crippen molar-refractivity contribution in [2.75, 3.05) is 13.1 Å². The Bertz CT molecular complexity index is 594. The van der Waals surface area contributed by atoms with Crippen molar-refractivity contribution in [3.63, 3.8) is 0 Å². The van der Waals surface area contributed by atoms with Crippen LogP contribution in [-0.4, -0.2) is 29.2 Å². The zero-order valence-corrected chi connectivity index (χ0v) is 14.4. The zero-order chi connectivity index (χ0) is 16.0. The van der Waals surface area contributed by atoms with Crippen LogP contribution >= 0.6 is 22.7 Å². The van der Waals surface area contributed by atoms with Gasteiger partial charge in [-0.3, -0.25) is 0 Å². The number of aliphatic hydroxyl groups is 1. The third-order valence-electron chi connectivity index (χ3n) is 3.16. The average molecular weight is 339 g/mol. The van der Waals surface area contributed by atoms with Crippen molar-refractivity contribution in [1.29, 1.82) is 0 Å². The van der Waals surface area contributed by atoms with E-state index in [0.717, 1.165) is 28.4 Å². The highest BCUT2D eigenvalue weighted by Gasteiger charge is 2.24. The van der Waals surface area contributed by atoms with Gasteiger partial charge in [-0.25, -0.2) is 9.78 Å². The van der Waals surface area contributed by atoms with Crippen LogP contribution in [0, 0.1) is 6.92 Å². The van der Waals surface area contributed by atoms with E-state index in [2.05, 4.69) is 15.6 Å². The smallest absolute Gasteiger partial charge is 0.314 e. The van der Waals surface area contributed by atoms with Crippen LogP contribution in [0.15, 0.2) is 22.9 Å². The molecule has 0 aromatic carbocycles. The monoisotopic (exact) mass is 339 g/mol. The van der Waals surface area contributed by atoms with Crippen LogP contribution < -0.4 is 10.6 Å². The third kappa shape index (κ3) is 5.08. The second kappa shape index (κ2) is 7.71. The van der Waals surface area contributed by atoms with Crippen molar-refractivity contribution in [2.24, 2.45) is 0 Å². The van der Waals surface area contributed by atoms with Crippen LogP contribution in [0.1, 0.15) is 28.9 Å². The Kier molecular flexibility index (Phi) is 5.93. The van der Waals surface area contributed by atoms with E-state index in [-0.39, 0.29) is 12.6 Å². The Balaban J connectivity index is 1.64. The van der Waals surface area contributed by atoms with Gasteiger partial charge in [-0.1, -0.05) is 6.07 Å². The summed E-state index contributed by atoms with van der Waals surface area (Å²) in [5.74, 6) is 0. The van der Waals surface area contributed by atoms with E-state index in [0.29, 0.717) is 6.54 Å². The number of aromatic nitrogens is 1. The summed E-state index contributed by atoms with van der Waals surface area (Å²) in [5.41, 5.74) is 0.00529. The number of hydrogen-bond donors (Lipinski definition) is 3. The molecule has 7 heteroatoms. The van der Waals surface area contributed by atoms with Gasteiger partial charge in [0.1, 0.15) is 5.60 Å². The van der Waals surface area contributed by atoms with Crippen LogP contribution in [0.3, 0.4) is 0 Å². The number of carbonyl (C=O) groups is 1. The molecule has 0 aliphatic carbocycles. The fourth-order valence-electron chi connectivity index (χ4n) is 1.95. The first-order chi connectivity index (χ1) is 10.5. The van der Waals surface area contributed by atoms with Crippen molar-refractivity contribution >= 4 is 28.7 Å². The van der Waals surface area contributed by atoms with E-state index in [9.17, 15) is 9.90 Å². The zero-order valence-electron chi connectivity index (χ0n) is 12.8. The number of thiazole rings is 1. The van der Waals surface area contributed by atoms with Crippen LogP contribution in [0.5, 0.6) is 0 Å². The summed E-state index contributed by atoms with van der Waals surface area (Å²) < 4.78 is 0. The van der Waals surface area contributed by atoms with Gasteiger partial charge in [-0.15, -0.1) is 22.7 Å². The average Bonchev–Trinajstić information content (AvgIpc) is 3.13. The molecule has 2 heterocycles. The molecule has 0 aliphatic heterocycles. The quantitative estimate of drug-likeness (QED) is 0.679. The highest BCUT2D eigenvalue weighted by molar-refractivity contribution is 7.10. The molecule has 2 aromatic rings. The molecule has 22 heavy (non-hydrogen) atoms. The fraction of sp³-hybridized carbons (Fsp3) is 0.467. The maximum Gasteiger partial charge on any atom is 0.314 e. The Morgan fingerprint density at radius 1 is 1.41 bits per heavy atom. The molecule has 0 unspecified atom stereocenters. The first-order valence-corrected chi connectivity index (χ1v) is 8.92. The first kappa shape index (κ1) is 16.9. The van der Waals surface area contributed by atoms with Gasteiger partial charge in [0.05, 0.1) is 11.6 Å². The Hall–Kier alpha value is -1.44. The lowest BCUT2D eigenvalue weighted by molar-refractivity contribution is 0.0631. The van der Waals surface area contributed by atoms with Gasteiger partial charge in [-0.2, -0.15) is 0 Å². The van der Waals surface area contributed by atoms with Gasteiger partial charge in [0.2, 0.25) is 0 Å². The summed E-state index contributed by atoms with van der Waals surface area (Å²) in [5, 5.41) is 20.8. The van der Waals surface area contributed by atoms with Crippen molar-refractivity contribution in [1.82, 2.24) is 15.6 Å². The summed E-state index contributed by atoms with van der Waals surface area (Å²) in [6, 6.07) is 3.49. The maximum atomic E-state index is 11.7. The molecule has 0 aliphatic rings. The molecule has 0 radical (unpaired) electrons. The molecule has 1 atom stereocenters. The molecule has 0 fully saturated rings. The van der Waals surface area contributed by atoms with Crippen molar-refractivity contribution in [2.45, 2.75) is 32.3 Å². The number of amides is 2. The molecule has 0 bridgehead atoms. The Morgan fingerprint density at radius 3 is 2.86 bits per heavy atom. The number of urea groups is 1. The molecule has 2 aromatic heterocycles. The molecular formula is C15H21N3O2S2. The minimum atomic E-state index is -1.04. The number of carbonyl (C=O) groups excluding carboxylic acids is 1. The number of rotatable bonds is 7. The normalized spacial score (nSPS) is 13.6. The highest BCUT2D eigenvalue weighted by atomic mass is 32.1. The summed E-state index contributed by atoms with van der Waals surface area (Å²) in [6.45, 7) is 4.45. The molecule has 3 N–H and O–H groups in total. The molecular weight excluding hydrogens is 318 g/mol. The molecule has 0 saturated heterocycles. The molecule has 0 spiro atoms. The van der Waals surface area contributed by atoms with Crippen molar-refractivity contribution in [3.05, 3.63) is 38.5 Å². The topological polar surface area (TPSA) is 74.2 Å². The van der Waals surface area contributed by atoms with Gasteiger partial charge in [0.25, 0.3) is 0 Å². The largest absolute Gasteiger partial charge is 0.383 e. The highest BCUT2D eigenvalue weighted by Crippen LogP contribution is 2.24. The van der Waals surface area contributed by atoms with Gasteiger partial charge < -0.3 is 15.7 Å². The van der Waals surface area contributed by atoms with E-state index in [1.165, 1.54) is 11.3 Å². The second-order valence-electron chi connectivity index (χ2n) is 5.35. The summed E-state index contributed by atoms with van der Waals surface area (Å²) in [7, 11) is 0. The lowest BCUT2D eigenvalue weighted by atomic mass is 10.1. The van der Waals surface area contributed by atoms with E-state index in [1.54, 1.807) is 18.3 Å². The van der Waals surface area contributed by atoms with Gasteiger partial charge >= 0.3 is 6.03 Å². The molecule has 2 rings (SSSR count). The van der Waals surface area contributed by atoms with Crippen molar-refractivity contribution in [3.8, 4) is 0 Å². The number of thiophene rings is 1. The number of nitrogens with zero attached hydrogens (tertiary/aromatic N) is 1. The molecule has 0 saturated carbocycles. The second-order valence-corrected chi connectivity index (χ2v) is 7.24. The van der Waals surface area contributed by atoms with Gasteiger partial charge in [0, 0.05) is 28.9 Å². The van der Waals surface area contributed by atoms with Gasteiger partial charge in [-0.05, 0) is 31.7 Å². The van der Waals surface area contributed by atoms with E-state index in [4.69, 9.17) is 0 Å². The lowest BCUT2D eigenvalue weighted by Crippen LogP contribution is -2.43. The molecule has 2 amide bonds. The number of nitrogens with one attached hydrogen (secondary N) is 2. The SMILES string of the molecule is Cc1csc(CCCNC(=O)NC[C@@](C)(O)c2cccs2)n1. The lowest BCUT2D eigenvalue weighted by Gasteiger charge is -2.22. The Labute approximate surface area is 138 Å². The fourth-order valence-corrected chi connectivity index (χ4v) is 3.55. The first-order valence-electron chi connectivity index (χ1n) is 7.16. The minimum Gasteiger partial charge on any atom is -0.383 e. The molecule has 5 nitrogen and oxygen atoms in total. The van der Waals surface area contributed by atoms with Gasteiger partial charge in [0.15, 0.2) is 0 Å². The van der Waals surface area contributed by atoms with Crippen LogP contribution in [0.2, 0.25) is 0 Å². The summed E-state index contributed by atoms with van der Waals surface area (Å²) in [4.78, 5) is 17.0. The number of aryl methyl sites for hydroxylation is 2. The van der Waals surface area contributed by atoms with E-state index < -0.39 is 5.60 Å². The number of hydrogen-bond acceptors (Lipinski definition) is 5. The van der Waals surface area contributed by atoms with Crippen LogP contribution in [0.25, 0.3) is 0 Å². The minimum absolute atomic E-state index is 0.186. The van der Waals surface area contributed by atoms with E-state index in [1.807, 2.05) is 29.8 Å². The van der Waals surface area contributed by atoms with Crippen LogP contribution in [-0.2, 0) is 12.0 Å². The predicted octanol–water partition coefficient (Wildman–Crippen LogP) is 2.65. The van der Waals surface area contributed by atoms with Crippen molar-refractivity contribution < 1.29 is 9.90 Å². The maximum absolute atomic E-state index is 11.7. The third-order valence-corrected chi connectivity index (χ3v) is 5.31. The van der Waals surface area contributed by atoms with Crippen LogP contribution in [0.4, 0.5) is 4.79 Å². The summed E-state index contributed by atoms with van der Waals surface area (Å²) >= 11 is 3.12. The standard InChI is InChI=1S/C15H21N3O2S2/c1-11-9-22-13(18-11)6-3-7-16-14(19)17-10-15(2,20)12-5-4-8-21-12/h4-5,8-9,20H,3,6-7,10H2,1-2H3,(H2,16,17,19)/t15-/m1/s1. The van der Waals surface area contributed by atoms with E-state index >= 15 is 0 Å². The predicted molar refractivity (Wildman–Crippen MR) is 90.5 cm³/mol.